The molecule has 0 heterocycles. The molecule has 0 aliphatic rings. The van der Waals surface area contributed by atoms with E-state index >= 15 is 0 Å². The Bertz CT molecular complexity index is 886. The van der Waals surface area contributed by atoms with Crippen LogP contribution in [0.15, 0.2) is 58.4 Å². The number of hydrogen-bond acceptors (Lipinski definition) is 4. The number of sulfonamides is 1. The number of halogens is 1. The molecule has 0 saturated carbocycles. The predicted octanol–water partition coefficient (Wildman–Crippen LogP) is 2.43. The Morgan fingerprint density at radius 1 is 1.14 bits per heavy atom. The normalized spacial score (nSPS) is 11.5. The molecular formula is C19H27IN4O3S. The largest absolute Gasteiger partial charge is 0.497 e. The number of guanidine groups is 1. The van der Waals surface area contributed by atoms with E-state index in [9.17, 15) is 8.42 Å². The molecule has 0 aliphatic heterocycles. The second-order valence-electron chi connectivity index (χ2n) is 5.96. The Kier molecular flexibility index (Phi) is 9.70. The molecule has 154 valence electrons. The predicted molar refractivity (Wildman–Crippen MR) is 123 cm³/mol. The maximum Gasteiger partial charge on any atom is 0.240 e. The monoisotopic (exact) mass is 518 g/mol. The van der Waals surface area contributed by atoms with E-state index < -0.39 is 10.0 Å². The summed E-state index contributed by atoms with van der Waals surface area (Å²) in [6.07, 6.45) is 0. The number of aliphatic imine (C=N–C) groups is 1. The molecule has 2 aromatic rings. The smallest absolute Gasteiger partial charge is 0.240 e. The summed E-state index contributed by atoms with van der Waals surface area (Å²) in [5.74, 6) is 1.54. The molecule has 0 atom stereocenters. The fraction of sp³-hybridized carbons (Fsp3) is 0.316. The van der Waals surface area contributed by atoms with Crippen LogP contribution in [0.2, 0.25) is 0 Å². The van der Waals surface area contributed by atoms with Crippen LogP contribution in [-0.4, -0.2) is 47.5 Å². The molecule has 28 heavy (non-hydrogen) atoms. The van der Waals surface area contributed by atoms with Crippen molar-refractivity contribution in [2.45, 2.75) is 18.0 Å². The highest BCUT2D eigenvalue weighted by Gasteiger charge is 2.12. The topological polar surface area (TPSA) is 83.0 Å². The summed E-state index contributed by atoms with van der Waals surface area (Å²) < 4.78 is 31.4. The molecule has 7 nitrogen and oxygen atoms in total. The van der Waals surface area contributed by atoms with Gasteiger partial charge in [0, 0.05) is 27.2 Å². The lowest BCUT2D eigenvalue weighted by Gasteiger charge is -2.22. The maximum absolute atomic E-state index is 11.9. The van der Waals surface area contributed by atoms with Crippen molar-refractivity contribution < 1.29 is 13.2 Å². The molecule has 9 heteroatoms. The van der Waals surface area contributed by atoms with Gasteiger partial charge in [-0.15, -0.1) is 24.0 Å². The summed E-state index contributed by atoms with van der Waals surface area (Å²) in [5, 5.41) is 3.26. The van der Waals surface area contributed by atoms with Crippen LogP contribution < -0.4 is 14.8 Å². The first-order chi connectivity index (χ1) is 12.9. The Hall–Kier alpha value is -1.85. The lowest BCUT2D eigenvalue weighted by molar-refractivity contribution is 0.414. The van der Waals surface area contributed by atoms with E-state index in [1.54, 1.807) is 32.4 Å². The Balaban J connectivity index is 0.00000392. The molecule has 0 fully saturated rings. The van der Waals surface area contributed by atoms with E-state index in [-0.39, 0.29) is 28.9 Å². The first kappa shape index (κ1) is 24.2. The zero-order valence-electron chi connectivity index (χ0n) is 16.5. The number of rotatable bonds is 7. The minimum Gasteiger partial charge on any atom is -0.497 e. The van der Waals surface area contributed by atoms with Crippen molar-refractivity contribution in [3.05, 3.63) is 59.7 Å². The number of ether oxygens (including phenoxy) is 1. The number of benzene rings is 2. The number of hydrogen-bond donors (Lipinski definition) is 2. The van der Waals surface area contributed by atoms with E-state index in [1.165, 1.54) is 7.05 Å². The van der Waals surface area contributed by atoms with Crippen molar-refractivity contribution >= 4 is 40.0 Å². The van der Waals surface area contributed by atoms with Gasteiger partial charge in [-0.2, -0.15) is 0 Å². The summed E-state index contributed by atoms with van der Waals surface area (Å²) >= 11 is 0. The van der Waals surface area contributed by atoms with Crippen LogP contribution in [0.3, 0.4) is 0 Å². The highest BCUT2D eigenvalue weighted by Crippen LogP contribution is 2.13. The standard InChI is InChI=1S/C19H26N4O3S.HI/c1-20-19(23(3)14-15-8-10-17(26-4)11-9-15)22-13-16-6-5-7-18(12-16)27(24,25)21-2;/h5-12,21H,13-14H2,1-4H3,(H,20,22);1H. The van der Waals surface area contributed by atoms with Crippen LogP contribution in [0.1, 0.15) is 11.1 Å². The van der Waals surface area contributed by atoms with Gasteiger partial charge in [0.1, 0.15) is 5.75 Å². The van der Waals surface area contributed by atoms with Gasteiger partial charge in [-0.3, -0.25) is 4.99 Å². The van der Waals surface area contributed by atoms with Crippen LogP contribution in [0.25, 0.3) is 0 Å². The summed E-state index contributed by atoms with van der Waals surface area (Å²) in [4.78, 5) is 6.53. The lowest BCUT2D eigenvalue weighted by atomic mass is 10.2. The first-order valence-corrected chi connectivity index (χ1v) is 9.95. The Morgan fingerprint density at radius 2 is 1.82 bits per heavy atom. The van der Waals surface area contributed by atoms with Crippen LogP contribution >= 0.6 is 24.0 Å². The van der Waals surface area contributed by atoms with Gasteiger partial charge >= 0.3 is 0 Å². The van der Waals surface area contributed by atoms with E-state index in [4.69, 9.17) is 4.74 Å². The van der Waals surface area contributed by atoms with Crippen molar-refractivity contribution in [2.75, 3.05) is 28.3 Å². The van der Waals surface area contributed by atoms with Gasteiger partial charge in [0.25, 0.3) is 0 Å². The van der Waals surface area contributed by atoms with E-state index in [0.717, 1.165) is 16.9 Å². The molecule has 0 amide bonds. The quantitative estimate of drug-likeness (QED) is 0.334. The van der Waals surface area contributed by atoms with Gasteiger partial charge in [-0.25, -0.2) is 13.1 Å². The Morgan fingerprint density at radius 3 is 2.39 bits per heavy atom. The third-order valence-corrected chi connectivity index (χ3v) is 5.49. The number of nitrogens with zero attached hydrogens (tertiary/aromatic N) is 2. The van der Waals surface area contributed by atoms with E-state index in [1.807, 2.05) is 42.3 Å². The van der Waals surface area contributed by atoms with Gasteiger partial charge in [-0.05, 0) is 42.4 Å². The maximum atomic E-state index is 11.9. The molecule has 0 unspecified atom stereocenters. The number of methoxy groups -OCH3 is 1. The summed E-state index contributed by atoms with van der Waals surface area (Å²) in [5.41, 5.74) is 1.98. The molecule has 2 aromatic carbocycles. The van der Waals surface area contributed by atoms with Crippen molar-refractivity contribution in [3.63, 3.8) is 0 Å². The molecule has 0 aliphatic carbocycles. The van der Waals surface area contributed by atoms with Crippen LogP contribution in [0.5, 0.6) is 5.75 Å². The molecule has 2 rings (SSSR count). The lowest BCUT2D eigenvalue weighted by Crippen LogP contribution is -2.38. The minimum atomic E-state index is -3.46. The molecule has 0 saturated heterocycles. The zero-order chi connectivity index (χ0) is 19.9. The molecule has 0 spiro atoms. The number of nitrogens with one attached hydrogen (secondary N) is 2. The van der Waals surface area contributed by atoms with Crippen LogP contribution in [0.4, 0.5) is 0 Å². The second-order valence-corrected chi connectivity index (χ2v) is 7.85. The van der Waals surface area contributed by atoms with E-state index in [2.05, 4.69) is 15.0 Å². The SMILES string of the molecule is CN=C(NCc1cccc(S(=O)(=O)NC)c1)N(C)Cc1ccc(OC)cc1.I. The van der Waals surface area contributed by atoms with Gasteiger partial charge in [-0.1, -0.05) is 24.3 Å². The first-order valence-electron chi connectivity index (χ1n) is 8.47. The zero-order valence-corrected chi connectivity index (χ0v) is 19.6. The van der Waals surface area contributed by atoms with Crippen molar-refractivity contribution in [1.82, 2.24) is 14.9 Å². The average molecular weight is 518 g/mol. The van der Waals surface area contributed by atoms with Crippen LogP contribution in [-0.2, 0) is 23.1 Å². The summed E-state index contributed by atoms with van der Waals surface area (Å²) in [7, 11) is 3.25. The second kappa shape index (κ2) is 11.2. The molecule has 0 aromatic heterocycles. The van der Waals surface area contributed by atoms with Gasteiger partial charge in [0.2, 0.25) is 10.0 Å². The minimum absolute atomic E-state index is 0. The molecule has 0 bridgehead atoms. The third kappa shape index (κ3) is 6.64. The van der Waals surface area contributed by atoms with Crippen molar-refractivity contribution in [1.29, 1.82) is 0 Å². The third-order valence-electron chi connectivity index (χ3n) is 4.08. The summed E-state index contributed by atoms with van der Waals surface area (Å²) in [6, 6.07) is 14.7. The fourth-order valence-electron chi connectivity index (χ4n) is 2.59. The molecule has 2 N–H and O–H groups in total. The molecular weight excluding hydrogens is 491 g/mol. The highest BCUT2D eigenvalue weighted by atomic mass is 127. The van der Waals surface area contributed by atoms with E-state index in [0.29, 0.717) is 19.0 Å². The fourth-order valence-corrected chi connectivity index (χ4v) is 3.39. The van der Waals surface area contributed by atoms with Gasteiger partial charge in [0.05, 0.1) is 12.0 Å². The van der Waals surface area contributed by atoms with Gasteiger partial charge < -0.3 is 15.0 Å². The summed E-state index contributed by atoms with van der Waals surface area (Å²) in [6.45, 7) is 1.14. The van der Waals surface area contributed by atoms with Gasteiger partial charge in [0.15, 0.2) is 5.96 Å². The Labute approximate surface area is 184 Å². The average Bonchev–Trinajstić information content (AvgIpc) is 2.69. The van der Waals surface area contributed by atoms with Crippen LogP contribution in [0, 0.1) is 0 Å². The van der Waals surface area contributed by atoms with Crippen molar-refractivity contribution in [2.24, 2.45) is 4.99 Å². The van der Waals surface area contributed by atoms with Crippen molar-refractivity contribution in [3.8, 4) is 5.75 Å². The highest BCUT2D eigenvalue weighted by molar-refractivity contribution is 14.0. The molecule has 0 radical (unpaired) electrons.